The molecule has 0 spiro atoms. The first-order valence-electron chi connectivity index (χ1n) is 8.01. The molecule has 0 bridgehead atoms. The minimum atomic E-state index is -1.19. The Hall–Kier alpha value is -3.19. The van der Waals surface area contributed by atoms with Crippen LogP contribution in [0, 0.1) is 0 Å². The molecule has 0 saturated carbocycles. The first-order valence-corrected chi connectivity index (χ1v) is 8.01. The summed E-state index contributed by atoms with van der Waals surface area (Å²) in [5.41, 5.74) is 1.74. The lowest BCUT2D eigenvalue weighted by Crippen LogP contribution is -2.43. The van der Waals surface area contributed by atoms with Crippen LogP contribution in [0.2, 0.25) is 0 Å². The molecular weight excluding hydrogens is 336 g/mol. The predicted molar refractivity (Wildman–Crippen MR) is 94.6 cm³/mol. The van der Waals surface area contributed by atoms with Crippen LogP contribution in [-0.2, 0) is 14.4 Å². The molecule has 0 radical (unpaired) electrons. The fourth-order valence-corrected chi connectivity index (χ4v) is 2.61. The number of benzene rings is 2. The van der Waals surface area contributed by atoms with Gasteiger partial charge in [-0.05, 0) is 11.1 Å². The van der Waals surface area contributed by atoms with Crippen molar-refractivity contribution in [3.05, 3.63) is 71.8 Å². The van der Waals surface area contributed by atoms with Crippen molar-refractivity contribution >= 4 is 17.8 Å². The van der Waals surface area contributed by atoms with E-state index in [9.17, 15) is 14.4 Å². The summed E-state index contributed by atoms with van der Waals surface area (Å²) in [5.74, 6) is -2.84. The highest BCUT2D eigenvalue weighted by Crippen LogP contribution is 2.21. The maximum atomic E-state index is 12.4. The van der Waals surface area contributed by atoms with Crippen molar-refractivity contribution in [1.82, 2.24) is 10.2 Å². The fourth-order valence-electron chi connectivity index (χ4n) is 2.61. The van der Waals surface area contributed by atoms with Gasteiger partial charge in [0.2, 0.25) is 5.91 Å². The van der Waals surface area contributed by atoms with Crippen LogP contribution < -0.4 is 5.32 Å². The Kier molecular flexibility index (Phi) is 6.87. The van der Waals surface area contributed by atoms with Crippen molar-refractivity contribution in [2.75, 3.05) is 19.6 Å². The van der Waals surface area contributed by atoms with E-state index in [4.69, 9.17) is 10.2 Å². The fraction of sp³-hybridized carbons (Fsp3) is 0.211. The maximum absolute atomic E-state index is 12.4. The van der Waals surface area contributed by atoms with Gasteiger partial charge in [-0.15, -0.1) is 0 Å². The first kappa shape index (κ1) is 19.1. The van der Waals surface area contributed by atoms with E-state index in [0.717, 1.165) is 16.0 Å². The molecule has 0 heterocycles. The average Bonchev–Trinajstić information content (AvgIpc) is 2.60. The van der Waals surface area contributed by atoms with Crippen molar-refractivity contribution in [1.29, 1.82) is 0 Å². The zero-order valence-corrected chi connectivity index (χ0v) is 14.0. The third kappa shape index (κ3) is 6.03. The molecule has 7 heteroatoms. The van der Waals surface area contributed by atoms with Crippen molar-refractivity contribution in [2.24, 2.45) is 0 Å². The van der Waals surface area contributed by atoms with Gasteiger partial charge in [0.05, 0.1) is 25.7 Å². The molecule has 3 N–H and O–H groups in total. The van der Waals surface area contributed by atoms with Gasteiger partial charge in [0.15, 0.2) is 0 Å². The van der Waals surface area contributed by atoms with E-state index in [1.165, 1.54) is 0 Å². The van der Waals surface area contributed by atoms with Crippen molar-refractivity contribution in [3.63, 3.8) is 0 Å². The average molecular weight is 356 g/mol. The molecule has 7 nitrogen and oxygen atoms in total. The third-order valence-corrected chi connectivity index (χ3v) is 3.66. The zero-order valence-electron chi connectivity index (χ0n) is 14.0. The highest BCUT2D eigenvalue weighted by atomic mass is 16.4. The number of carbonyl (C=O) groups excluding carboxylic acids is 1. The minimum absolute atomic E-state index is 0.325. The molecule has 2 aromatic carbocycles. The van der Waals surface area contributed by atoms with E-state index >= 15 is 0 Å². The van der Waals surface area contributed by atoms with Crippen molar-refractivity contribution in [2.45, 2.75) is 6.04 Å². The number of amides is 1. The standard InChI is InChI=1S/C19H20N2O5/c22-16(11-21(12-17(23)24)13-18(25)26)20-19(14-7-3-1-4-8-14)15-9-5-2-6-10-15/h1-10,19H,11-13H2,(H,20,22)(H,23,24)(H,25,26). The second-order valence-electron chi connectivity index (χ2n) is 5.75. The number of carboxylic acids is 2. The Labute approximate surface area is 150 Å². The Balaban J connectivity index is 2.15. The van der Waals surface area contributed by atoms with Crippen LogP contribution in [0.15, 0.2) is 60.7 Å². The number of hydrogen-bond acceptors (Lipinski definition) is 4. The van der Waals surface area contributed by atoms with Gasteiger partial charge in [-0.25, -0.2) is 0 Å². The van der Waals surface area contributed by atoms with Crippen LogP contribution >= 0.6 is 0 Å². The number of hydrogen-bond donors (Lipinski definition) is 3. The quantitative estimate of drug-likeness (QED) is 0.626. The van der Waals surface area contributed by atoms with Gasteiger partial charge in [-0.3, -0.25) is 19.3 Å². The number of rotatable bonds is 9. The van der Waals surface area contributed by atoms with Gasteiger partial charge in [-0.2, -0.15) is 0 Å². The van der Waals surface area contributed by atoms with E-state index in [0.29, 0.717) is 0 Å². The number of nitrogens with zero attached hydrogens (tertiary/aromatic N) is 1. The summed E-state index contributed by atoms with van der Waals surface area (Å²) in [4.78, 5) is 35.2. The van der Waals surface area contributed by atoms with Crippen LogP contribution in [0.3, 0.4) is 0 Å². The summed E-state index contributed by atoms with van der Waals surface area (Å²) in [7, 11) is 0. The molecule has 1 amide bonds. The van der Waals surface area contributed by atoms with Gasteiger partial charge < -0.3 is 15.5 Å². The van der Waals surface area contributed by atoms with Crippen LogP contribution in [0.25, 0.3) is 0 Å². The summed E-state index contributed by atoms with van der Waals surface area (Å²) < 4.78 is 0. The number of aliphatic carboxylic acids is 2. The Morgan fingerprint density at radius 1 is 0.769 bits per heavy atom. The maximum Gasteiger partial charge on any atom is 0.317 e. The van der Waals surface area contributed by atoms with Gasteiger partial charge in [0, 0.05) is 0 Å². The third-order valence-electron chi connectivity index (χ3n) is 3.66. The molecule has 0 aliphatic heterocycles. The van der Waals surface area contributed by atoms with Gasteiger partial charge in [0.25, 0.3) is 0 Å². The normalized spacial score (nSPS) is 10.7. The first-order chi connectivity index (χ1) is 12.5. The molecule has 0 unspecified atom stereocenters. The molecule has 0 fully saturated rings. The monoisotopic (exact) mass is 356 g/mol. The Morgan fingerprint density at radius 2 is 1.19 bits per heavy atom. The molecule has 26 heavy (non-hydrogen) atoms. The lowest BCUT2D eigenvalue weighted by atomic mass is 9.99. The largest absolute Gasteiger partial charge is 0.480 e. The van der Waals surface area contributed by atoms with Crippen LogP contribution in [0.1, 0.15) is 17.2 Å². The number of carboxylic acid groups (broad SMARTS) is 2. The van der Waals surface area contributed by atoms with Crippen LogP contribution in [0.4, 0.5) is 0 Å². The molecule has 2 rings (SSSR count). The summed E-state index contributed by atoms with van der Waals surface area (Å²) in [6.45, 7) is -1.38. The lowest BCUT2D eigenvalue weighted by molar-refractivity contribution is -0.142. The van der Waals surface area contributed by atoms with E-state index in [1.807, 2.05) is 60.7 Å². The molecule has 0 aliphatic carbocycles. The van der Waals surface area contributed by atoms with Crippen LogP contribution in [-0.4, -0.2) is 52.6 Å². The van der Waals surface area contributed by atoms with E-state index in [-0.39, 0.29) is 6.54 Å². The molecular formula is C19H20N2O5. The van der Waals surface area contributed by atoms with E-state index < -0.39 is 37.0 Å². The Morgan fingerprint density at radius 3 is 1.58 bits per heavy atom. The minimum Gasteiger partial charge on any atom is -0.480 e. The van der Waals surface area contributed by atoms with Crippen LogP contribution in [0.5, 0.6) is 0 Å². The van der Waals surface area contributed by atoms with Crippen molar-refractivity contribution in [3.8, 4) is 0 Å². The summed E-state index contributed by atoms with van der Waals surface area (Å²) in [6, 6.07) is 18.3. The highest BCUT2D eigenvalue weighted by Gasteiger charge is 2.21. The predicted octanol–water partition coefficient (Wildman–Crippen LogP) is 1.36. The second kappa shape index (κ2) is 9.33. The summed E-state index contributed by atoms with van der Waals surface area (Å²) >= 11 is 0. The second-order valence-corrected chi connectivity index (χ2v) is 5.75. The van der Waals surface area contributed by atoms with Crippen molar-refractivity contribution < 1.29 is 24.6 Å². The Bertz CT molecular complexity index is 694. The topological polar surface area (TPSA) is 107 Å². The summed E-state index contributed by atoms with van der Waals surface area (Å²) in [6.07, 6.45) is 0. The number of carbonyl (C=O) groups is 3. The smallest absolute Gasteiger partial charge is 0.317 e. The SMILES string of the molecule is O=C(O)CN(CC(=O)O)CC(=O)NC(c1ccccc1)c1ccccc1. The van der Waals surface area contributed by atoms with Gasteiger partial charge >= 0.3 is 11.9 Å². The van der Waals surface area contributed by atoms with Gasteiger partial charge in [-0.1, -0.05) is 60.7 Å². The summed E-state index contributed by atoms with van der Waals surface area (Å²) in [5, 5.41) is 20.6. The molecule has 0 aromatic heterocycles. The lowest BCUT2D eigenvalue weighted by Gasteiger charge is -2.23. The zero-order chi connectivity index (χ0) is 18.9. The molecule has 0 aliphatic rings. The number of nitrogens with one attached hydrogen (secondary N) is 1. The van der Waals surface area contributed by atoms with E-state index in [1.54, 1.807) is 0 Å². The van der Waals surface area contributed by atoms with E-state index in [2.05, 4.69) is 5.32 Å². The van der Waals surface area contributed by atoms with Gasteiger partial charge in [0.1, 0.15) is 0 Å². The highest BCUT2D eigenvalue weighted by molar-refractivity contribution is 5.81. The molecule has 136 valence electrons. The molecule has 0 saturated heterocycles. The molecule has 2 aromatic rings. The molecule has 0 atom stereocenters.